The van der Waals surface area contributed by atoms with E-state index in [1.165, 1.54) is 43.0 Å². The summed E-state index contributed by atoms with van der Waals surface area (Å²) in [7, 11) is 0. The summed E-state index contributed by atoms with van der Waals surface area (Å²) >= 11 is 0. The fraction of sp³-hybridized carbons (Fsp3) is 0.278. The Balaban J connectivity index is 2.07. The van der Waals surface area contributed by atoms with Gasteiger partial charge in [-0.1, -0.05) is 66.5 Å². The van der Waals surface area contributed by atoms with Crippen molar-refractivity contribution in [2.45, 2.75) is 32.1 Å². The second-order valence-corrected chi connectivity index (χ2v) is 5.97. The monoisotopic (exact) mass is 263 g/mol. The Morgan fingerprint density at radius 1 is 0.700 bits per heavy atom. The summed E-state index contributed by atoms with van der Waals surface area (Å²) in [4.78, 5) is 0. The second-order valence-electron chi connectivity index (χ2n) is 5.97. The normalized spacial score (nSPS) is 16.1. The molecule has 0 bridgehead atoms. The van der Waals surface area contributed by atoms with Crippen molar-refractivity contribution in [2.75, 3.05) is 0 Å². The molecule has 0 atom stereocenters. The van der Waals surface area contributed by atoms with Crippen molar-refractivity contribution in [1.82, 2.24) is 0 Å². The Bertz CT molecular complexity index is 492. The molecule has 1 fully saturated rings. The highest BCUT2D eigenvalue weighted by Crippen LogP contribution is 2.30. The van der Waals surface area contributed by atoms with E-state index >= 15 is 0 Å². The average Bonchev–Trinajstić information content (AvgIpc) is 2.56. The zero-order chi connectivity index (χ0) is 13.8. The van der Waals surface area contributed by atoms with Gasteiger partial charge in [0.25, 0.3) is 0 Å². The lowest BCUT2D eigenvalue weighted by Gasteiger charge is -2.37. The lowest BCUT2D eigenvalue weighted by atomic mass is 9.21. The molecule has 2 aromatic rings. The van der Waals surface area contributed by atoms with Crippen molar-refractivity contribution in [3.63, 3.8) is 0 Å². The summed E-state index contributed by atoms with van der Waals surface area (Å²) in [6, 6.07) is 21.3. The van der Waals surface area contributed by atoms with Gasteiger partial charge >= 0.3 is 6.28 Å². The van der Waals surface area contributed by atoms with E-state index in [1.807, 2.05) is 0 Å². The summed E-state index contributed by atoms with van der Waals surface area (Å²) in [6.07, 6.45) is 5.06. The van der Waals surface area contributed by atoms with Gasteiger partial charge in [0.1, 0.15) is 0 Å². The summed E-state index contributed by atoms with van der Waals surface area (Å²) in [5.74, 6) is 1.55. The van der Waals surface area contributed by atoms with Crippen LogP contribution in [-0.4, -0.2) is 6.28 Å². The van der Waals surface area contributed by atoms with Gasteiger partial charge in [-0.25, -0.2) is 0 Å². The van der Waals surface area contributed by atoms with Gasteiger partial charge in [0.15, 0.2) is 0 Å². The van der Waals surface area contributed by atoms with Crippen LogP contribution in [0.3, 0.4) is 0 Å². The van der Waals surface area contributed by atoms with E-state index in [1.54, 1.807) is 5.82 Å². The maximum absolute atomic E-state index is 7.04. The van der Waals surface area contributed by atoms with Crippen molar-refractivity contribution >= 4 is 17.2 Å². The largest absolute Gasteiger partial charge is 0.452 e. The Morgan fingerprint density at radius 2 is 1.15 bits per heavy atom. The van der Waals surface area contributed by atoms with E-state index in [4.69, 9.17) is 5.64 Å². The molecule has 0 radical (unpaired) electrons. The maximum atomic E-state index is 7.04. The van der Waals surface area contributed by atoms with Gasteiger partial charge in [0, 0.05) is 12.8 Å². The van der Waals surface area contributed by atoms with Gasteiger partial charge in [-0.05, 0) is 19.3 Å². The molecule has 0 spiro atoms. The lowest BCUT2D eigenvalue weighted by molar-refractivity contribution is 0.569. The molecule has 1 aliphatic rings. The van der Waals surface area contributed by atoms with Gasteiger partial charge in [-0.15, -0.1) is 10.9 Å². The third kappa shape index (κ3) is 2.36. The number of hydrogen-bond acceptors (Lipinski definition) is 1. The molecule has 2 aromatic carbocycles. The van der Waals surface area contributed by atoms with Crippen molar-refractivity contribution in [2.24, 2.45) is 5.64 Å². The van der Waals surface area contributed by atoms with E-state index in [0.717, 1.165) is 0 Å². The SMILES string of the molecule is N[B-](c1ccccc1)(c1ccccc1)[C+]1CCCCC1. The van der Waals surface area contributed by atoms with Crippen molar-refractivity contribution < 1.29 is 0 Å². The Kier molecular flexibility index (Phi) is 3.84. The van der Waals surface area contributed by atoms with Gasteiger partial charge in [0.2, 0.25) is 0 Å². The number of rotatable bonds is 3. The molecule has 2 heteroatoms. The molecular formula is C18H22BN. The van der Waals surface area contributed by atoms with Crippen LogP contribution in [-0.2, 0) is 0 Å². The number of hydrogen-bond donors (Lipinski definition) is 1. The van der Waals surface area contributed by atoms with Crippen LogP contribution < -0.4 is 16.6 Å². The van der Waals surface area contributed by atoms with Gasteiger partial charge < -0.3 is 5.64 Å². The summed E-state index contributed by atoms with van der Waals surface area (Å²) < 4.78 is 0. The molecule has 3 rings (SSSR count). The molecule has 1 saturated carbocycles. The molecule has 0 amide bonds. The predicted octanol–water partition coefficient (Wildman–Crippen LogP) is 2.78. The van der Waals surface area contributed by atoms with Gasteiger partial charge in [-0.3, -0.25) is 0 Å². The minimum absolute atomic E-state index is 1.18. The smallest absolute Gasteiger partial charge is 0.314 e. The molecule has 102 valence electrons. The summed E-state index contributed by atoms with van der Waals surface area (Å²) in [5.41, 5.74) is 9.59. The molecule has 0 heterocycles. The van der Waals surface area contributed by atoms with Crippen molar-refractivity contribution in [1.29, 1.82) is 0 Å². The first kappa shape index (κ1) is 13.3. The minimum Gasteiger partial charge on any atom is -0.452 e. The third-order valence-electron chi connectivity index (χ3n) is 4.79. The zero-order valence-corrected chi connectivity index (χ0v) is 12.0. The van der Waals surface area contributed by atoms with Gasteiger partial charge in [-0.2, -0.15) is 0 Å². The number of benzene rings is 2. The standard InChI is InChI=1S/C18H22BN/c20-19(16-10-4-1-5-11-16,17-12-6-2-7-13-17)18-14-8-3-9-15-18/h1-2,4-7,10-13H,3,8-9,14-15,20H2. The van der Waals surface area contributed by atoms with Crippen LogP contribution in [0.5, 0.6) is 0 Å². The van der Waals surface area contributed by atoms with Gasteiger partial charge in [0.05, 0.1) is 0 Å². The molecule has 1 nitrogen and oxygen atoms in total. The molecule has 0 unspecified atom stereocenters. The highest BCUT2D eigenvalue weighted by Gasteiger charge is 2.43. The zero-order valence-electron chi connectivity index (χ0n) is 12.0. The van der Waals surface area contributed by atoms with Crippen LogP contribution in [0.2, 0.25) is 0 Å². The molecule has 0 aromatic heterocycles. The maximum Gasteiger partial charge on any atom is 0.314 e. The summed E-state index contributed by atoms with van der Waals surface area (Å²) in [6.45, 7) is 0. The highest BCUT2D eigenvalue weighted by molar-refractivity contribution is 7.03. The number of nitrogens with two attached hydrogens (primary N) is 1. The van der Waals surface area contributed by atoms with Crippen LogP contribution in [0.15, 0.2) is 60.7 Å². The van der Waals surface area contributed by atoms with Crippen molar-refractivity contribution in [3.05, 3.63) is 66.5 Å². The molecule has 20 heavy (non-hydrogen) atoms. The van der Waals surface area contributed by atoms with Crippen LogP contribution in [0.25, 0.3) is 0 Å². The van der Waals surface area contributed by atoms with Crippen molar-refractivity contribution in [3.8, 4) is 0 Å². The molecule has 1 aliphatic carbocycles. The highest BCUT2D eigenvalue weighted by atomic mass is 14.5. The first-order chi connectivity index (χ1) is 9.82. The van der Waals surface area contributed by atoms with E-state index in [-0.39, 0.29) is 0 Å². The van der Waals surface area contributed by atoms with E-state index in [2.05, 4.69) is 60.7 Å². The molecule has 2 N–H and O–H groups in total. The third-order valence-corrected chi connectivity index (χ3v) is 4.79. The van der Waals surface area contributed by atoms with E-state index in [9.17, 15) is 0 Å². The average molecular weight is 263 g/mol. The molecule has 0 saturated heterocycles. The molecular weight excluding hydrogens is 241 g/mol. The van der Waals surface area contributed by atoms with Crippen LogP contribution >= 0.6 is 0 Å². The fourth-order valence-corrected chi connectivity index (χ4v) is 3.64. The fourth-order valence-electron chi connectivity index (χ4n) is 3.64. The van der Waals surface area contributed by atoms with Crippen LogP contribution in [0.4, 0.5) is 0 Å². The summed E-state index contributed by atoms with van der Waals surface area (Å²) in [5, 5.41) is 0. The Morgan fingerprint density at radius 3 is 1.60 bits per heavy atom. The topological polar surface area (TPSA) is 26.0 Å². The minimum atomic E-state index is -1.22. The quantitative estimate of drug-likeness (QED) is 0.668. The lowest BCUT2D eigenvalue weighted by Crippen LogP contribution is -2.70. The van der Waals surface area contributed by atoms with E-state index in [0.29, 0.717) is 0 Å². The van der Waals surface area contributed by atoms with Crippen LogP contribution in [0.1, 0.15) is 32.1 Å². The second kappa shape index (κ2) is 5.76. The van der Waals surface area contributed by atoms with Crippen LogP contribution in [0, 0.1) is 5.82 Å². The molecule has 0 aliphatic heterocycles. The first-order valence-corrected chi connectivity index (χ1v) is 7.73. The first-order valence-electron chi connectivity index (χ1n) is 7.73. The Hall–Kier alpha value is -1.67. The van der Waals surface area contributed by atoms with E-state index < -0.39 is 6.28 Å². The predicted molar refractivity (Wildman–Crippen MR) is 88.4 cm³/mol. The Labute approximate surface area is 122 Å².